The number of nitrogens with zero attached hydrogens (tertiary/aromatic N) is 2. The van der Waals surface area contributed by atoms with Crippen LogP contribution in [0.15, 0.2) is 53.1 Å². The van der Waals surface area contributed by atoms with Gasteiger partial charge in [0.25, 0.3) is 5.91 Å². The lowest BCUT2D eigenvalue weighted by molar-refractivity contribution is -0.127. The highest BCUT2D eigenvalue weighted by Crippen LogP contribution is 2.39. The Morgan fingerprint density at radius 1 is 1.06 bits per heavy atom. The summed E-state index contributed by atoms with van der Waals surface area (Å²) in [5, 5.41) is 3.21. The molecule has 1 fully saturated rings. The molecule has 2 amide bonds. The average molecular weight is 464 g/mol. The second-order valence-corrected chi connectivity index (χ2v) is 9.11. The second kappa shape index (κ2) is 8.59. The summed E-state index contributed by atoms with van der Waals surface area (Å²) in [5.74, 6) is 1.27. The van der Waals surface area contributed by atoms with Crippen LogP contribution in [0.5, 0.6) is 11.5 Å². The fourth-order valence-electron chi connectivity index (χ4n) is 5.09. The van der Waals surface area contributed by atoms with E-state index in [0.29, 0.717) is 28.6 Å². The van der Waals surface area contributed by atoms with E-state index in [0.717, 1.165) is 31.4 Å². The quantitative estimate of drug-likeness (QED) is 0.591. The molecule has 1 atom stereocenters. The Morgan fingerprint density at radius 2 is 1.74 bits per heavy atom. The fraction of sp³-hybridized carbons (Fsp3) is 0.385. The molecular formula is C26H29N3O5. The van der Waals surface area contributed by atoms with Crippen LogP contribution in [-0.2, 0) is 11.3 Å². The Kier molecular flexibility index (Phi) is 5.59. The van der Waals surface area contributed by atoms with E-state index < -0.39 is 5.54 Å². The molecular weight excluding hydrogens is 434 g/mol. The number of aromatic nitrogens is 1. The number of carbonyl (C=O) groups excluding carboxylic acids is 2. The Hall–Kier alpha value is -3.68. The lowest BCUT2D eigenvalue weighted by Gasteiger charge is -2.44. The minimum absolute atomic E-state index is 0.122. The van der Waals surface area contributed by atoms with E-state index in [1.54, 1.807) is 55.7 Å². The van der Waals surface area contributed by atoms with E-state index >= 15 is 0 Å². The number of furan rings is 1. The van der Waals surface area contributed by atoms with Crippen molar-refractivity contribution in [3.63, 3.8) is 0 Å². The maximum absolute atomic E-state index is 14.0. The fourth-order valence-corrected chi connectivity index (χ4v) is 5.09. The minimum Gasteiger partial charge on any atom is -0.497 e. The number of anilines is 1. The number of methoxy groups -OCH3 is 2. The standard InChI is InChI=1S/C26H29N3O5/c1-26(25(31)27-17-7-4-5-8-17)16-28-21(23-9-6-12-34-23)10-11-22(28)24(30)29(26)18-13-19(32-2)15-20(14-18)33-3/h6,9-15,17H,4-5,7-8,16H2,1-3H3,(H,27,31). The molecule has 8 heteroatoms. The third-order valence-corrected chi connectivity index (χ3v) is 6.91. The van der Waals surface area contributed by atoms with Gasteiger partial charge in [-0.2, -0.15) is 0 Å². The van der Waals surface area contributed by atoms with Gasteiger partial charge in [0.2, 0.25) is 5.91 Å². The van der Waals surface area contributed by atoms with Crippen molar-refractivity contribution in [2.24, 2.45) is 0 Å². The third kappa shape index (κ3) is 3.63. The van der Waals surface area contributed by atoms with E-state index in [1.807, 2.05) is 23.6 Å². The Labute approximate surface area is 198 Å². The van der Waals surface area contributed by atoms with Gasteiger partial charge in [0, 0.05) is 24.2 Å². The number of hydrogen-bond acceptors (Lipinski definition) is 5. The Bertz CT molecular complexity index is 1190. The van der Waals surface area contributed by atoms with Gasteiger partial charge in [-0.25, -0.2) is 0 Å². The summed E-state index contributed by atoms with van der Waals surface area (Å²) in [6, 6.07) is 12.7. The first-order valence-corrected chi connectivity index (χ1v) is 11.6. The molecule has 0 saturated heterocycles. The Morgan fingerprint density at radius 3 is 2.35 bits per heavy atom. The van der Waals surface area contributed by atoms with Crippen molar-refractivity contribution in [3.05, 3.63) is 54.4 Å². The Balaban J connectivity index is 1.63. The maximum atomic E-state index is 14.0. The molecule has 1 aliphatic carbocycles. The van der Waals surface area contributed by atoms with Crippen LogP contribution in [0.2, 0.25) is 0 Å². The van der Waals surface area contributed by atoms with Crippen molar-refractivity contribution in [1.29, 1.82) is 0 Å². The zero-order chi connectivity index (χ0) is 23.9. The molecule has 1 aromatic carbocycles. The molecule has 5 rings (SSSR count). The number of ether oxygens (including phenoxy) is 2. The number of fused-ring (bicyclic) bond motifs is 1. The molecule has 0 radical (unpaired) electrons. The van der Waals surface area contributed by atoms with Gasteiger partial charge < -0.3 is 23.8 Å². The number of benzene rings is 1. The SMILES string of the molecule is COc1cc(OC)cc(N2C(=O)c3ccc(-c4ccco4)n3CC2(C)C(=O)NC2CCCC2)c1. The first-order chi connectivity index (χ1) is 16.4. The molecule has 0 spiro atoms. The predicted octanol–water partition coefficient (Wildman–Crippen LogP) is 4.24. The normalized spacial score (nSPS) is 20.3. The van der Waals surface area contributed by atoms with Crippen LogP contribution in [0.1, 0.15) is 43.1 Å². The number of nitrogens with one attached hydrogen (secondary N) is 1. The summed E-state index contributed by atoms with van der Waals surface area (Å²) in [6.07, 6.45) is 5.70. The van der Waals surface area contributed by atoms with Crippen LogP contribution in [0.3, 0.4) is 0 Å². The monoisotopic (exact) mass is 463 g/mol. The zero-order valence-electron chi connectivity index (χ0n) is 19.7. The van der Waals surface area contributed by atoms with Crippen molar-refractivity contribution in [3.8, 4) is 23.0 Å². The van der Waals surface area contributed by atoms with Gasteiger partial charge in [0.05, 0.1) is 38.4 Å². The van der Waals surface area contributed by atoms with Crippen molar-refractivity contribution >= 4 is 17.5 Å². The van der Waals surface area contributed by atoms with Crippen LogP contribution in [-0.4, -0.2) is 42.2 Å². The van der Waals surface area contributed by atoms with E-state index in [1.165, 1.54) is 0 Å². The lowest BCUT2D eigenvalue weighted by atomic mass is 9.93. The number of hydrogen-bond donors (Lipinski definition) is 1. The van der Waals surface area contributed by atoms with Gasteiger partial charge in [-0.15, -0.1) is 0 Å². The lowest BCUT2D eigenvalue weighted by Crippen LogP contribution is -2.65. The van der Waals surface area contributed by atoms with Gasteiger partial charge in [0.1, 0.15) is 28.5 Å². The molecule has 2 aromatic heterocycles. The third-order valence-electron chi connectivity index (χ3n) is 6.91. The molecule has 0 bridgehead atoms. The molecule has 34 heavy (non-hydrogen) atoms. The second-order valence-electron chi connectivity index (χ2n) is 9.11. The van der Waals surface area contributed by atoms with Crippen LogP contribution in [0, 0.1) is 0 Å². The van der Waals surface area contributed by atoms with E-state index in [9.17, 15) is 9.59 Å². The smallest absolute Gasteiger partial charge is 0.275 e. The van der Waals surface area contributed by atoms with Gasteiger partial charge in [0.15, 0.2) is 0 Å². The predicted molar refractivity (Wildman–Crippen MR) is 127 cm³/mol. The molecule has 1 N–H and O–H groups in total. The van der Waals surface area contributed by atoms with Gasteiger partial charge in [-0.1, -0.05) is 12.8 Å². The first kappa shape index (κ1) is 22.1. The maximum Gasteiger partial charge on any atom is 0.275 e. The van der Waals surface area contributed by atoms with E-state index in [4.69, 9.17) is 13.9 Å². The van der Waals surface area contributed by atoms with Gasteiger partial charge >= 0.3 is 0 Å². The summed E-state index contributed by atoms with van der Waals surface area (Å²) >= 11 is 0. The van der Waals surface area contributed by atoms with Gasteiger partial charge in [-0.3, -0.25) is 14.5 Å². The largest absolute Gasteiger partial charge is 0.497 e. The summed E-state index contributed by atoms with van der Waals surface area (Å²) in [5.41, 5.74) is 0.595. The molecule has 1 unspecified atom stereocenters. The molecule has 3 aromatic rings. The highest BCUT2D eigenvalue weighted by Gasteiger charge is 2.49. The molecule has 8 nitrogen and oxygen atoms in total. The summed E-state index contributed by atoms with van der Waals surface area (Å²) in [4.78, 5) is 29.4. The molecule has 178 valence electrons. The van der Waals surface area contributed by atoms with Crippen molar-refractivity contribution in [2.75, 3.05) is 19.1 Å². The molecule has 1 saturated carbocycles. The van der Waals surface area contributed by atoms with Crippen molar-refractivity contribution in [1.82, 2.24) is 9.88 Å². The highest BCUT2D eigenvalue weighted by molar-refractivity contribution is 6.12. The van der Waals surface area contributed by atoms with Crippen LogP contribution < -0.4 is 19.7 Å². The summed E-state index contributed by atoms with van der Waals surface area (Å²) in [7, 11) is 3.12. The number of amides is 2. The average Bonchev–Trinajstić information content (AvgIpc) is 3.60. The number of carbonyl (C=O) groups is 2. The first-order valence-electron chi connectivity index (χ1n) is 11.6. The highest BCUT2D eigenvalue weighted by atomic mass is 16.5. The molecule has 3 heterocycles. The van der Waals surface area contributed by atoms with Crippen LogP contribution >= 0.6 is 0 Å². The summed E-state index contributed by atoms with van der Waals surface area (Å²) < 4.78 is 18.4. The van der Waals surface area contributed by atoms with E-state index in [-0.39, 0.29) is 24.4 Å². The molecule has 2 aliphatic rings. The van der Waals surface area contributed by atoms with Crippen LogP contribution in [0.4, 0.5) is 5.69 Å². The molecule has 1 aliphatic heterocycles. The summed E-state index contributed by atoms with van der Waals surface area (Å²) in [6.45, 7) is 2.09. The zero-order valence-corrected chi connectivity index (χ0v) is 19.7. The van der Waals surface area contributed by atoms with Gasteiger partial charge in [-0.05, 0) is 44.0 Å². The van der Waals surface area contributed by atoms with E-state index in [2.05, 4.69) is 5.32 Å². The number of rotatable bonds is 6. The van der Waals surface area contributed by atoms with Crippen molar-refractivity contribution < 1.29 is 23.5 Å². The minimum atomic E-state index is -1.19. The topological polar surface area (TPSA) is 85.9 Å². The van der Waals surface area contributed by atoms with Crippen LogP contribution in [0.25, 0.3) is 11.5 Å². The van der Waals surface area contributed by atoms with Crippen molar-refractivity contribution in [2.45, 2.75) is 50.7 Å².